The monoisotopic (exact) mass is 458 g/mol. The number of fused-ring (bicyclic) bond motifs is 2. The van der Waals surface area contributed by atoms with Gasteiger partial charge in [0.15, 0.2) is 0 Å². The minimum Gasteiger partial charge on any atom is -0.394 e. The standard InChI is InChI=1S/C14H12.C12H8S2.C2H6O2/c1-3-7-13(8-4-1)11-12-14-9-5-2-6-10-14;1-2-6-10-9(5-1)13-11-7-3-4-8-12(11)14-10;3-1-2-4/h1-12H;1-8H;3-4H,1-2H2. The molecule has 0 spiro atoms. The Balaban J connectivity index is 0.000000155. The molecule has 0 amide bonds. The van der Waals surface area contributed by atoms with Crippen molar-refractivity contribution in [2.75, 3.05) is 13.2 Å². The second kappa shape index (κ2) is 13.6. The summed E-state index contributed by atoms with van der Waals surface area (Å²) in [6.45, 7) is -0.250. The lowest BCUT2D eigenvalue weighted by Crippen LogP contribution is -1.87. The summed E-state index contributed by atoms with van der Waals surface area (Å²) in [4.78, 5) is 5.49. The molecule has 1 aliphatic rings. The lowest BCUT2D eigenvalue weighted by molar-refractivity contribution is 0.186. The normalized spacial score (nSPS) is 11.3. The highest BCUT2D eigenvalue weighted by Gasteiger charge is 2.14. The number of aliphatic hydroxyl groups excluding tert-OH is 2. The zero-order valence-corrected chi connectivity index (χ0v) is 19.3. The molecular formula is C28H26O2S2. The summed E-state index contributed by atoms with van der Waals surface area (Å²) < 4.78 is 0. The number of hydrogen-bond acceptors (Lipinski definition) is 4. The summed E-state index contributed by atoms with van der Waals surface area (Å²) in [5, 5.41) is 15.2. The molecule has 1 aliphatic heterocycles. The van der Waals surface area contributed by atoms with Crippen LogP contribution in [-0.4, -0.2) is 23.4 Å². The Hall–Kier alpha value is -2.76. The third-order valence-corrected chi connectivity index (χ3v) is 6.87. The van der Waals surface area contributed by atoms with Crippen LogP contribution in [0.4, 0.5) is 0 Å². The molecule has 0 radical (unpaired) electrons. The number of aliphatic hydroxyl groups is 2. The molecule has 0 saturated carbocycles. The van der Waals surface area contributed by atoms with Crippen molar-refractivity contribution in [1.82, 2.24) is 0 Å². The van der Waals surface area contributed by atoms with E-state index in [4.69, 9.17) is 10.2 Å². The van der Waals surface area contributed by atoms with Gasteiger partial charge in [-0.2, -0.15) is 0 Å². The molecule has 0 aromatic heterocycles. The van der Waals surface area contributed by atoms with Crippen LogP contribution in [0.25, 0.3) is 12.2 Å². The van der Waals surface area contributed by atoms with Crippen molar-refractivity contribution >= 4 is 35.7 Å². The zero-order valence-electron chi connectivity index (χ0n) is 17.7. The lowest BCUT2D eigenvalue weighted by Gasteiger charge is -2.17. The predicted octanol–water partition coefficient (Wildman–Crippen LogP) is 7.13. The Bertz CT molecular complexity index is 965. The van der Waals surface area contributed by atoms with Gasteiger partial charge in [0, 0.05) is 19.6 Å². The molecule has 0 unspecified atom stereocenters. The van der Waals surface area contributed by atoms with E-state index in [-0.39, 0.29) is 13.2 Å². The largest absolute Gasteiger partial charge is 0.394 e. The van der Waals surface area contributed by atoms with E-state index in [0.717, 1.165) is 0 Å². The molecule has 4 heteroatoms. The van der Waals surface area contributed by atoms with Crippen LogP contribution in [0.15, 0.2) is 129 Å². The van der Waals surface area contributed by atoms with Crippen LogP contribution in [0.2, 0.25) is 0 Å². The molecule has 32 heavy (non-hydrogen) atoms. The van der Waals surface area contributed by atoms with Crippen molar-refractivity contribution in [2.45, 2.75) is 19.6 Å². The fraction of sp³-hybridized carbons (Fsp3) is 0.0714. The van der Waals surface area contributed by atoms with E-state index >= 15 is 0 Å². The fourth-order valence-corrected chi connectivity index (χ4v) is 5.03. The number of hydrogen-bond donors (Lipinski definition) is 2. The summed E-state index contributed by atoms with van der Waals surface area (Å²) in [5.74, 6) is 0. The highest BCUT2D eigenvalue weighted by molar-refractivity contribution is 8.05. The Morgan fingerprint density at radius 1 is 0.438 bits per heavy atom. The summed E-state index contributed by atoms with van der Waals surface area (Å²) in [5.41, 5.74) is 2.47. The van der Waals surface area contributed by atoms with E-state index in [2.05, 4.69) is 84.9 Å². The molecular weight excluding hydrogens is 432 g/mol. The summed E-state index contributed by atoms with van der Waals surface area (Å²) in [7, 11) is 0. The molecule has 162 valence electrons. The first kappa shape index (κ1) is 23.9. The predicted molar refractivity (Wildman–Crippen MR) is 137 cm³/mol. The highest BCUT2D eigenvalue weighted by Crippen LogP contribution is 2.47. The van der Waals surface area contributed by atoms with E-state index in [1.165, 1.54) is 30.7 Å². The second-order valence-electron chi connectivity index (χ2n) is 6.70. The van der Waals surface area contributed by atoms with Crippen molar-refractivity contribution in [3.8, 4) is 0 Å². The van der Waals surface area contributed by atoms with Gasteiger partial charge in [0.1, 0.15) is 0 Å². The van der Waals surface area contributed by atoms with Gasteiger partial charge in [-0.05, 0) is 35.4 Å². The van der Waals surface area contributed by atoms with Crippen molar-refractivity contribution in [2.24, 2.45) is 0 Å². The SMILES string of the molecule is C(=Cc1ccccc1)c1ccccc1.OCCO.c1ccc2c(c1)Sc1ccccc1S2. The first-order valence-corrected chi connectivity index (χ1v) is 12.0. The Kier molecular flexibility index (Phi) is 10.2. The third kappa shape index (κ3) is 7.74. The van der Waals surface area contributed by atoms with Crippen LogP contribution < -0.4 is 0 Å². The van der Waals surface area contributed by atoms with E-state index < -0.39 is 0 Å². The van der Waals surface area contributed by atoms with Crippen LogP contribution >= 0.6 is 23.5 Å². The Morgan fingerprint density at radius 2 is 0.719 bits per heavy atom. The van der Waals surface area contributed by atoms with Crippen molar-refractivity contribution in [3.63, 3.8) is 0 Å². The van der Waals surface area contributed by atoms with Crippen molar-refractivity contribution in [1.29, 1.82) is 0 Å². The molecule has 0 fully saturated rings. The highest BCUT2D eigenvalue weighted by atomic mass is 32.2. The maximum atomic E-state index is 7.62. The molecule has 2 N–H and O–H groups in total. The Labute approximate surface area is 198 Å². The van der Waals surface area contributed by atoms with Crippen LogP contribution in [0.1, 0.15) is 11.1 Å². The first-order chi connectivity index (χ1) is 15.8. The summed E-state index contributed by atoms with van der Waals surface area (Å²) in [6.07, 6.45) is 4.24. The van der Waals surface area contributed by atoms with Gasteiger partial charge in [-0.15, -0.1) is 0 Å². The van der Waals surface area contributed by atoms with Crippen molar-refractivity contribution < 1.29 is 10.2 Å². The smallest absolute Gasteiger partial charge is 0.0662 e. The quantitative estimate of drug-likeness (QED) is 0.282. The van der Waals surface area contributed by atoms with Gasteiger partial charge in [-0.3, -0.25) is 0 Å². The van der Waals surface area contributed by atoms with Crippen LogP contribution in [0.5, 0.6) is 0 Å². The van der Waals surface area contributed by atoms with E-state index in [9.17, 15) is 0 Å². The Morgan fingerprint density at radius 3 is 1.00 bits per heavy atom. The van der Waals surface area contributed by atoms with Gasteiger partial charge in [-0.25, -0.2) is 0 Å². The van der Waals surface area contributed by atoms with Gasteiger partial charge in [0.2, 0.25) is 0 Å². The average Bonchev–Trinajstić information content (AvgIpc) is 2.88. The molecule has 0 saturated heterocycles. The van der Waals surface area contributed by atoms with E-state index in [1.807, 2.05) is 59.9 Å². The molecule has 1 heterocycles. The van der Waals surface area contributed by atoms with Gasteiger partial charge >= 0.3 is 0 Å². The maximum Gasteiger partial charge on any atom is 0.0662 e. The van der Waals surface area contributed by atoms with E-state index in [0.29, 0.717) is 0 Å². The topological polar surface area (TPSA) is 40.5 Å². The number of benzene rings is 4. The maximum absolute atomic E-state index is 7.62. The first-order valence-electron chi connectivity index (χ1n) is 10.3. The van der Waals surface area contributed by atoms with Crippen LogP contribution in [0.3, 0.4) is 0 Å². The van der Waals surface area contributed by atoms with Gasteiger partial charge < -0.3 is 10.2 Å². The molecule has 0 bridgehead atoms. The molecule has 0 aliphatic carbocycles. The summed E-state index contributed by atoms with van der Waals surface area (Å²) in [6, 6.07) is 37.8. The summed E-state index contributed by atoms with van der Waals surface area (Å²) >= 11 is 3.72. The van der Waals surface area contributed by atoms with Gasteiger partial charge in [-0.1, -0.05) is 121 Å². The molecule has 2 nitrogen and oxygen atoms in total. The molecule has 5 rings (SSSR count). The fourth-order valence-electron chi connectivity index (χ4n) is 2.80. The van der Waals surface area contributed by atoms with Gasteiger partial charge in [0.25, 0.3) is 0 Å². The minimum absolute atomic E-state index is 0.125. The van der Waals surface area contributed by atoms with Gasteiger partial charge in [0.05, 0.1) is 13.2 Å². The van der Waals surface area contributed by atoms with E-state index in [1.54, 1.807) is 0 Å². The second-order valence-corrected chi connectivity index (χ2v) is 8.87. The molecule has 0 atom stereocenters. The third-order valence-electron chi connectivity index (χ3n) is 4.31. The lowest BCUT2D eigenvalue weighted by atomic mass is 10.1. The minimum atomic E-state index is -0.125. The van der Waals surface area contributed by atoms with Crippen LogP contribution in [0, 0.1) is 0 Å². The van der Waals surface area contributed by atoms with Crippen LogP contribution in [-0.2, 0) is 0 Å². The zero-order chi connectivity index (χ0) is 22.4. The number of rotatable bonds is 3. The molecule has 4 aromatic rings. The van der Waals surface area contributed by atoms with Crippen molar-refractivity contribution in [3.05, 3.63) is 120 Å². The molecule has 4 aromatic carbocycles. The average molecular weight is 459 g/mol.